The Balaban J connectivity index is 3.13. The van der Waals surface area contributed by atoms with Crippen molar-refractivity contribution in [3.8, 4) is 0 Å². The van der Waals surface area contributed by atoms with Crippen LogP contribution in [0.4, 0.5) is 0 Å². The van der Waals surface area contributed by atoms with Crippen molar-refractivity contribution in [2.75, 3.05) is 14.2 Å². The molecule has 17 heavy (non-hydrogen) atoms. The van der Waals surface area contributed by atoms with Crippen LogP contribution in [0.1, 0.15) is 0 Å². The van der Waals surface area contributed by atoms with E-state index in [1.54, 1.807) is 0 Å². The topological polar surface area (TPSA) is 102 Å². The first-order valence-corrected chi connectivity index (χ1v) is 7.38. The molecular weight excluding hydrogens is 268 g/mol. The predicted octanol–water partition coefficient (Wildman–Crippen LogP) is -0.566. The van der Waals surface area contributed by atoms with Crippen molar-refractivity contribution in [3.05, 3.63) is 24.3 Å². The molecule has 0 saturated heterocycles. The molecule has 1 aromatic rings. The lowest BCUT2D eigenvalue weighted by Crippen LogP contribution is -2.22. The van der Waals surface area contributed by atoms with Gasteiger partial charge in [-0.25, -0.2) is 21.6 Å². The fourth-order valence-corrected chi connectivity index (χ4v) is 2.61. The van der Waals surface area contributed by atoms with Gasteiger partial charge in [-0.15, -0.1) is 0 Å². The first-order valence-electron chi connectivity index (χ1n) is 4.42. The van der Waals surface area contributed by atoms with E-state index >= 15 is 0 Å². The monoisotopic (exact) mass is 280 g/mol. The van der Waals surface area contributed by atoms with Gasteiger partial charge in [0.15, 0.2) is 0 Å². The van der Waals surface area contributed by atoms with Crippen LogP contribution in [-0.2, 0) is 24.9 Å². The third-order valence-corrected chi connectivity index (χ3v) is 4.62. The average molecular weight is 280 g/mol. The van der Waals surface area contributed by atoms with Gasteiger partial charge in [-0.05, 0) is 31.3 Å². The summed E-state index contributed by atoms with van der Waals surface area (Å²) in [6, 6.07) is 4.73. The summed E-state index contributed by atoms with van der Waals surface area (Å²) in [4.78, 5) is 6.02. The molecular formula is C8H12N2O5S2. The lowest BCUT2D eigenvalue weighted by molar-refractivity contribution is 0.153. The van der Waals surface area contributed by atoms with E-state index in [4.69, 9.17) is 0 Å². The SMILES string of the molecule is CNS(=O)(=O)c1ccc(S(=O)(=O)NOC)cc1. The van der Waals surface area contributed by atoms with Crippen molar-refractivity contribution in [1.82, 2.24) is 9.61 Å². The number of sulfonamides is 2. The van der Waals surface area contributed by atoms with E-state index in [1.807, 2.05) is 4.89 Å². The van der Waals surface area contributed by atoms with Crippen molar-refractivity contribution in [3.63, 3.8) is 0 Å². The second-order valence-electron chi connectivity index (χ2n) is 2.97. The molecule has 7 nitrogen and oxygen atoms in total. The molecule has 0 heterocycles. The largest absolute Gasteiger partial charge is 0.290 e. The lowest BCUT2D eigenvalue weighted by atomic mass is 10.4. The van der Waals surface area contributed by atoms with Gasteiger partial charge in [0.05, 0.1) is 16.9 Å². The second kappa shape index (κ2) is 5.10. The van der Waals surface area contributed by atoms with Crippen LogP contribution in [0.5, 0.6) is 0 Å². The molecule has 1 aromatic carbocycles. The van der Waals surface area contributed by atoms with E-state index in [9.17, 15) is 16.8 Å². The molecule has 0 bridgehead atoms. The number of benzene rings is 1. The van der Waals surface area contributed by atoms with Crippen molar-refractivity contribution in [1.29, 1.82) is 0 Å². The normalized spacial score (nSPS) is 12.6. The van der Waals surface area contributed by atoms with Crippen LogP contribution in [0, 0.1) is 0 Å². The van der Waals surface area contributed by atoms with Gasteiger partial charge < -0.3 is 0 Å². The van der Waals surface area contributed by atoms with Gasteiger partial charge in [-0.2, -0.15) is 0 Å². The molecule has 0 atom stereocenters. The summed E-state index contributed by atoms with van der Waals surface area (Å²) in [6.45, 7) is 0. The van der Waals surface area contributed by atoms with Crippen LogP contribution >= 0.6 is 0 Å². The Labute approximate surface area is 99.9 Å². The van der Waals surface area contributed by atoms with Crippen LogP contribution in [0.3, 0.4) is 0 Å². The van der Waals surface area contributed by atoms with Gasteiger partial charge in [0, 0.05) is 0 Å². The first kappa shape index (κ1) is 14.1. The zero-order chi connectivity index (χ0) is 13.1. The van der Waals surface area contributed by atoms with Crippen molar-refractivity contribution >= 4 is 20.0 Å². The highest BCUT2D eigenvalue weighted by Gasteiger charge is 2.16. The van der Waals surface area contributed by atoms with Gasteiger partial charge in [0.1, 0.15) is 0 Å². The Morgan fingerprint density at radius 3 is 1.71 bits per heavy atom. The summed E-state index contributed by atoms with van der Waals surface area (Å²) < 4.78 is 47.8. The highest BCUT2D eigenvalue weighted by atomic mass is 32.2. The lowest BCUT2D eigenvalue weighted by Gasteiger charge is -2.05. The van der Waals surface area contributed by atoms with E-state index in [2.05, 4.69) is 9.56 Å². The Morgan fingerprint density at radius 1 is 0.941 bits per heavy atom. The maximum Gasteiger partial charge on any atom is 0.262 e. The molecule has 0 unspecified atom stereocenters. The fourth-order valence-electron chi connectivity index (χ4n) is 1.07. The Hall–Kier alpha value is -1.00. The van der Waals surface area contributed by atoms with Crippen molar-refractivity contribution in [2.45, 2.75) is 9.79 Å². The van der Waals surface area contributed by atoms with Crippen LogP contribution < -0.4 is 9.61 Å². The van der Waals surface area contributed by atoms with Crippen molar-refractivity contribution < 1.29 is 21.7 Å². The molecule has 0 saturated carbocycles. The van der Waals surface area contributed by atoms with Gasteiger partial charge in [0.25, 0.3) is 10.0 Å². The zero-order valence-corrected chi connectivity index (χ0v) is 10.8. The van der Waals surface area contributed by atoms with Gasteiger partial charge >= 0.3 is 0 Å². The van der Waals surface area contributed by atoms with Crippen LogP contribution in [0.25, 0.3) is 0 Å². The predicted molar refractivity (Wildman–Crippen MR) is 60.0 cm³/mol. The molecule has 0 aliphatic rings. The number of hydrogen-bond donors (Lipinski definition) is 2. The van der Waals surface area contributed by atoms with Crippen LogP contribution in [0.15, 0.2) is 34.1 Å². The second-order valence-corrected chi connectivity index (χ2v) is 6.50. The van der Waals surface area contributed by atoms with E-state index in [-0.39, 0.29) is 9.79 Å². The minimum atomic E-state index is -3.77. The third-order valence-electron chi connectivity index (χ3n) is 1.91. The summed E-state index contributed by atoms with van der Waals surface area (Å²) in [6.07, 6.45) is 0. The molecule has 0 spiro atoms. The molecule has 0 amide bonds. The molecule has 96 valence electrons. The fraction of sp³-hybridized carbons (Fsp3) is 0.250. The molecule has 0 aromatic heterocycles. The first-order chi connectivity index (χ1) is 7.83. The zero-order valence-electron chi connectivity index (χ0n) is 9.17. The highest BCUT2D eigenvalue weighted by molar-refractivity contribution is 7.89. The van der Waals surface area contributed by atoms with E-state index < -0.39 is 20.0 Å². The number of rotatable bonds is 5. The summed E-state index contributed by atoms with van der Waals surface area (Å²) in [7, 11) is -4.90. The minimum absolute atomic E-state index is 0.0173. The van der Waals surface area contributed by atoms with E-state index in [0.717, 1.165) is 7.11 Å². The Kier molecular flexibility index (Phi) is 4.22. The van der Waals surface area contributed by atoms with Crippen molar-refractivity contribution in [2.24, 2.45) is 0 Å². The van der Waals surface area contributed by atoms with Gasteiger partial charge in [-0.1, -0.05) is 4.89 Å². The highest BCUT2D eigenvalue weighted by Crippen LogP contribution is 2.13. The summed E-state index contributed by atoms with van der Waals surface area (Å²) in [5, 5.41) is 0. The maximum absolute atomic E-state index is 11.5. The van der Waals surface area contributed by atoms with Gasteiger partial charge in [-0.3, -0.25) is 4.84 Å². The number of nitrogens with one attached hydrogen (secondary N) is 2. The molecule has 9 heteroatoms. The average Bonchev–Trinajstić information content (AvgIpc) is 2.29. The minimum Gasteiger partial charge on any atom is -0.290 e. The van der Waals surface area contributed by atoms with Crippen LogP contribution in [-0.4, -0.2) is 31.0 Å². The standard InChI is InChI=1S/C8H12N2O5S2/c1-9-16(11,12)7-3-5-8(6-4-7)17(13,14)10-15-2/h3-6,9-10H,1-2H3. The summed E-state index contributed by atoms with van der Waals surface area (Å²) in [5.74, 6) is 0. The molecule has 1 rings (SSSR count). The van der Waals surface area contributed by atoms with E-state index in [1.165, 1.54) is 31.3 Å². The number of hydrogen-bond acceptors (Lipinski definition) is 5. The molecule has 0 radical (unpaired) electrons. The maximum atomic E-state index is 11.5. The molecule has 2 N–H and O–H groups in total. The van der Waals surface area contributed by atoms with Crippen LogP contribution in [0.2, 0.25) is 0 Å². The molecule has 0 fully saturated rings. The summed E-state index contributed by atoms with van der Waals surface area (Å²) in [5.41, 5.74) is 0. The smallest absolute Gasteiger partial charge is 0.262 e. The molecule has 0 aliphatic carbocycles. The quantitative estimate of drug-likeness (QED) is 0.704. The van der Waals surface area contributed by atoms with E-state index in [0.29, 0.717) is 0 Å². The Bertz CT molecular complexity index is 577. The molecule has 0 aliphatic heterocycles. The third kappa shape index (κ3) is 3.23. The summed E-state index contributed by atoms with van der Waals surface area (Å²) >= 11 is 0. The van der Waals surface area contributed by atoms with Gasteiger partial charge in [0.2, 0.25) is 10.0 Å². The Morgan fingerprint density at radius 2 is 1.35 bits per heavy atom.